The maximum absolute atomic E-state index is 13.4. The summed E-state index contributed by atoms with van der Waals surface area (Å²) in [5.41, 5.74) is 1.21. The Morgan fingerprint density at radius 3 is 2.29 bits per heavy atom. The van der Waals surface area contributed by atoms with Crippen molar-refractivity contribution in [1.82, 2.24) is 9.88 Å². The van der Waals surface area contributed by atoms with Gasteiger partial charge in [-0.3, -0.25) is 19.2 Å². The van der Waals surface area contributed by atoms with E-state index in [1.54, 1.807) is 28.8 Å². The van der Waals surface area contributed by atoms with Gasteiger partial charge >= 0.3 is 5.97 Å². The number of carbonyl (C=O) groups excluding carboxylic acids is 3. The van der Waals surface area contributed by atoms with Gasteiger partial charge in [-0.25, -0.2) is 9.18 Å². The fourth-order valence-corrected chi connectivity index (χ4v) is 4.04. The molecule has 0 aliphatic carbocycles. The molecule has 0 saturated carbocycles. The van der Waals surface area contributed by atoms with Crippen molar-refractivity contribution in [2.24, 2.45) is 0 Å². The first-order chi connectivity index (χ1) is 18.2. The highest BCUT2D eigenvalue weighted by Crippen LogP contribution is 2.18. The van der Waals surface area contributed by atoms with Gasteiger partial charge in [0.25, 0.3) is 5.91 Å². The number of carboxylic acid groups (broad SMARTS) is 1. The molecule has 0 aliphatic heterocycles. The fraction of sp³-hybridized carbons (Fsp3) is 0.138. The Hall–Kier alpha value is -4.92. The molecular formula is C29H23FN2O6. The van der Waals surface area contributed by atoms with E-state index in [4.69, 9.17) is 5.11 Å². The lowest BCUT2D eigenvalue weighted by atomic mass is 10.0. The lowest BCUT2D eigenvalue weighted by Gasteiger charge is -2.14. The van der Waals surface area contributed by atoms with E-state index in [9.17, 15) is 28.4 Å². The summed E-state index contributed by atoms with van der Waals surface area (Å²) in [5.74, 6) is -4.91. The first-order valence-corrected chi connectivity index (χ1v) is 11.8. The summed E-state index contributed by atoms with van der Waals surface area (Å²) >= 11 is 0. The van der Waals surface area contributed by atoms with E-state index in [1.165, 1.54) is 24.4 Å². The quantitative estimate of drug-likeness (QED) is 0.190. The van der Waals surface area contributed by atoms with Gasteiger partial charge in [0, 0.05) is 30.2 Å². The molecule has 4 aromatic rings. The molecule has 0 atom stereocenters. The molecule has 38 heavy (non-hydrogen) atoms. The number of Topliss-reactive ketones (excluding diaryl/α,β-unsaturated/α-hetero) is 2. The number of hydrogen-bond acceptors (Lipinski definition) is 5. The normalized spacial score (nSPS) is 10.8. The first-order valence-electron chi connectivity index (χ1n) is 11.8. The minimum absolute atomic E-state index is 0.0523. The Morgan fingerprint density at radius 2 is 1.61 bits per heavy atom. The zero-order chi connectivity index (χ0) is 27.2. The zero-order valence-corrected chi connectivity index (χ0v) is 20.1. The molecule has 0 spiro atoms. The summed E-state index contributed by atoms with van der Waals surface area (Å²) < 4.78 is 15.0. The van der Waals surface area contributed by atoms with Gasteiger partial charge in [0.05, 0.1) is 17.5 Å². The molecule has 1 aromatic heterocycles. The average Bonchev–Trinajstić information content (AvgIpc) is 2.91. The Bertz CT molecular complexity index is 1590. The molecule has 0 saturated heterocycles. The van der Waals surface area contributed by atoms with Crippen molar-refractivity contribution < 1.29 is 28.7 Å². The third-order valence-electron chi connectivity index (χ3n) is 6.01. The molecule has 8 nitrogen and oxygen atoms in total. The van der Waals surface area contributed by atoms with Crippen LogP contribution in [0.5, 0.6) is 0 Å². The van der Waals surface area contributed by atoms with Crippen LogP contribution < -0.4 is 10.7 Å². The number of rotatable bonds is 10. The number of halogens is 1. The summed E-state index contributed by atoms with van der Waals surface area (Å²) in [4.78, 5) is 61.4. The van der Waals surface area contributed by atoms with Crippen LogP contribution in [-0.2, 0) is 22.6 Å². The summed E-state index contributed by atoms with van der Waals surface area (Å²) in [5, 5.41) is 11.7. The molecule has 2 N–H and O–H groups in total. The highest BCUT2D eigenvalue weighted by atomic mass is 19.1. The fourth-order valence-electron chi connectivity index (χ4n) is 4.04. The number of nitrogens with one attached hydrogen (secondary N) is 1. The van der Waals surface area contributed by atoms with E-state index in [0.29, 0.717) is 24.0 Å². The number of carbonyl (C=O) groups is 4. The number of pyridine rings is 1. The molecule has 0 unspecified atom stereocenters. The number of nitrogens with zero attached hydrogens (tertiary/aromatic N) is 1. The third-order valence-corrected chi connectivity index (χ3v) is 6.01. The van der Waals surface area contributed by atoms with E-state index in [-0.39, 0.29) is 23.1 Å². The highest BCUT2D eigenvalue weighted by Gasteiger charge is 2.22. The molecule has 0 radical (unpaired) electrons. The Balaban J connectivity index is 1.69. The molecule has 3 aromatic carbocycles. The summed E-state index contributed by atoms with van der Waals surface area (Å²) in [6.45, 7) is 0.512. The van der Waals surface area contributed by atoms with E-state index >= 15 is 0 Å². The second kappa shape index (κ2) is 11.4. The van der Waals surface area contributed by atoms with E-state index in [1.807, 2.05) is 30.3 Å². The number of hydrogen-bond donors (Lipinski definition) is 2. The van der Waals surface area contributed by atoms with Gasteiger partial charge < -0.3 is 15.0 Å². The standard InChI is InChI=1S/C29H23FN2O6/c30-21-9-6-19(7-10-21)16-32-17-23(25(33)15-26(34)29(37)38)27(35)22-14-20(8-11-24(22)32)28(36)31-13-12-18-4-2-1-3-5-18/h1-11,14,17H,12-13,15-16H2,(H,31,36)(H,37,38). The van der Waals surface area contributed by atoms with Gasteiger partial charge in [-0.1, -0.05) is 42.5 Å². The van der Waals surface area contributed by atoms with Gasteiger partial charge in [-0.05, 0) is 47.9 Å². The molecule has 1 amide bonds. The van der Waals surface area contributed by atoms with Gasteiger partial charge in [0.1, 0.15) is 5.82 Å². The van der Waals surface area contributed by atoms with Crippen LogP contribution in [0.2, 0.25) is 0 Å². The Kier molecular flexibility index (Phi) is 7.86. The lowest BCUT2D eigenvalue weighted by Crippen LogP contribution is -2.26. The minimum Gasteiger partial charge on any atom is -0.475 e. The summed E-state index contributed by atoms with van der Waals surface area (Å²) in [7, 11) is 0. The van der Waals surface area contributed by atoms with Crippen molar-refractivity contribution in [1.29, 1.82) is 0 Å². The maximum atomic E-state index is 13.4. The van der Waals surface area contributed by atoms with Gasteiger partial charge in [0.2, 0.25) is 5.78 Å². The number of fused-ring (bicyclic) bond motifs is 1. The van der Waals surface area contributed by atoms with Crippen molar-refractivity contribution in [3.05, 3.63) is 117 Å². The van der Waals surface area contributed by atoms with Crippen LogP contribution in [0.25, 0.3) is 10.9 Å². The van der Waals surface area contributed by atoms with Crippen molar-refractivity contribution in [3.8, 4) is 0 Å². The number of aromatic nitrogens is 1. The first kappa shape index (κ1) is 26.2. The Morgan fingerprint density at radius 1 is 0.895 bits per heavy atom. The zero-order valence-electron chi connectivity index (χ0n) is 20.1. The van der Waals surface area contributed by atoms with Crippen molar-refractivity contribution >= 4 is 34.3 Å². The molecule has 9 heteroatoms. The third kappa shape index (κ3) is 6.07. The summed E-state index contributed by atoms with van der Waals surface area (Å²) in [6, 6.07) is 19.7. The van der Waals surface area contributed by atoms with Gasteiger partial charge in [-0.2, -0.15) is 0 Å². The Labute approximate surface area is 216 Å². The second-order valence-electron chi connectivity index (χ2n) is 8.68. The van der Waals surface area contributed by atoms with Crippen molar-refractivity contribution in [3.63, 3.8) is 0 Å². The van der Waals surface area contributed by atoms with Crippen LogP contribution in [0.15, 0.2) is 83.8 Å². The van der Waals surface area contributed by atoms with E-state index in [0.717, 1.165) is 5.56 Å². The van der Waals surface area contributed by atoms with Crippen molar-refractivity contribution in [2.75, 3.05) is 6.54 Å². The van der Waals surface area contributed by atoms with Crippen LogP contribution in [0, 0.1) is 5.82 Å². The van der Waals surface area contributed by atoms with Gasteiger partial charge in [0.15, 0.2) is 11.2 Å². The maximum Gasteiger partial charge on any atom is 0.372 e. The molecule has 4 rings (SSSR count). The molecule has 0 bridgehead atoms. The van der Waals surface area contributed by atoms with E-state index < -0.39 is 41.1 Å². The monoisotopic (exact) mass is 514 g/mol. The summed E-state index contributed by atoms with van der Waals surface area (Å²) in [6.07, 6.45) is 0.887. The lowest BCUT2D eigenvalue weighted by molar-refractivity contribution is -0.148. The number of carboxylic acids is 1. The highest BCUT2D eigenvalue weighted by molar-refractivity contribution is 6.37. The topological polar surface area (TPSA) is 123 Å². The van der Waals surface area contributed by atoms with Crippen LogP contribution in [0.3, 0.4) is 0 Å². The minimum atomic E-state index is -1.78. The molecular weight excluding hydrogens is 491 g/mol. The van der Waals surface area contributed by atoms with E-state index in [2.05, 4.69) is 5.32 Å². The van der Waals surface area contributed by atoms with Crippen LogP contribution in [0.4, 0.5) is 4.39 Å². The number of ketones is 2. The van der Waals surface area contributed by atoms with Crippen LogP contribution in [0.1, 0.15) is 38.3 Å². The smallest absolute Gasteiger partial charge is 0.372 e. The van der Waals surface area contributed by atoms with Crippen LogP contribution >= 0.6 is 0 Å². The van der Waals surface area contributed by atoms with Gasteiger partial charge in [-0.15, -0.1) is 0 Å². The predicted octanol–water partition coefficient (Wildman–Crippen LogP) is 3.39. The number of benzene rings is 3. The molecule has 1 heterocycles. The molecule has 0 aliphatic rings. The van der Waals surface area contributed by atoms with Crippen LogP contribution in [-0.4, -0.2) is 39.7 Å². The molecule has 192 valence electrons. The predicted molar refractivity (Wildman–Crippen MR) is 138 cm³/mol. The number of aliphatic carboxylic acids is 1. The average molecular weight is 515 g/mol. The molecule has 0 fully saturated rings. The SMILES string of the molecule is O=C(O)C(=O)CC(=O)c1cn(Cc2ccc(F)cc2)c2ccc(C(=O)NCCc3ccccc3)cc2c1=O. The second-order valence-corrected chi connectivity index (χ2v) is 8.68. The largest absolute Gasteiger partial charge is 0.475 e. The number of amides is 1. The van der Waals surface area contributed by atoms with Crippen molar-refractivity contribution in [2.45, 2.75) is 19.4 Å².